The van der Waals surface area contributed by atoms with Gasteiger partial charge in [0, 0.05) is 56.1 Å². The van der Waals surface area contributed by atoms with E-state index in [0.29, 0.717) is 28.4 Å². The van der Waals surface area contributed by atoms with E-state index in [1.54, 1.807) is 32.6 Å². The minimum atomic E-state index is -0.202. The number of anilines is 2. The molecule has 0 unspecified atom stereocenters. The SMILES string of the molecule is CN=Cc1c(N)c(-c2cc(N)ccc2Cc2ccc(Cl)cn2)cn(C)c1=O. The van der Waals surface area contributed by atoms with Crippen LogP contribution in [0.25, 0.3) is 11.1 Å². The van der Waals surface area contributed by atoms with E-state index in [1.165, 1.54) is 10.8 Å². The van der Waals surface area contributed by atoms with Gasteiger partial charge in [-0.15, -0.1) is 0 Å². The molecule has 6 nitrogen and oxygen atoms in total. The maximum Gasteiger partial charge on any atom is 0.261 e. The van der Waals surface area contributed by atoms with E-state index in [-0.39, 0.29) is 5.56 Å². The highest BCUT2D eigenvalue weighted by Gasteiger charge is 2.16. The van der Waals surface area contributed by atoms with E-state index in [2.05, 4.69) is 9.98 Å². The molecule has 0 saturated heterocycles. The van der Waals surface area contributed by atoms with E-state index in [9.17, 15) is 4.79 Å². The molecular weight excluding hydrogens is 362 g/mol. The summed E-state index contributed by atoms with van der Waals surface area (Å²) < 4.78 is 1.50. The molecule has 0 saturated carbocycles. The van der Waals surface area contributed by atoms with Crippen LogP contribution in [0.1, 0.15) is 16.8 Å². The Labute approximate surface area is 162 Å². The van der Waals surface area contributed by atoms with Crippen molar-refractivity contribution in [2.45, 2.75) is 6.42 Å². The minimum Gasteiger partial charge on any atom is -0.399 e. The van der Waals surface area contributed by atoms with Crippen molar-refractivity contribution >= 4 is 29.2 Å². The molecule has 0 aliphatic rings. The monoisotopic (exact) mass is 381 g/mol. The highest BCUT2D eigenvalue weighted by Crippen LogP contribution is 2.32. The fourth-order valence-electron chi connectivity index (χ4n) is 2.95. The smallest absolute Gasteiger partial charge is 0.261 e. The molecular formula is C20H20ClN5O. The van der Waals surface area contributed by atoms with Gasteiger partial charge in [0.05, 0.1) is 16.3 Å². The normalized spacial score (nSPS) is 11.2. The number of nitrogens with zero attached hydrogens (tertiary/aromatic N) is 3. The maximum atomic E-state index is 12.4. The standard InChI is InChI=1S/C20H20ClN5O/c1-24-10-17-19(23)18(11-26(2)20(17)27)16-8-14(22)5-3-12(16)7-15-6-4-13(21)9-25-15/h3-6,8-11H,7,22-23H2,1-2H3. The summed E-state index contributed by atoms with van der Waals surface area (Å²) in [6, 6.07) is 9.31. The molecule has 138 valence electrons. The summed E-state index contributed by atoms with van der Waals surface area (Å²) >= 11 is 5.92. The molecule has 2 aromatic heterocycles. The molecule has 0 fully saturated rings. The summed E-state index contributed by atoms with van der Waals surface area (Å²) in [6.07, 6.45) is 5.39. The zero-order valence-corrected chi connectivity index (χ0v) is 15.9. The topological polar surface area (TPSA) is 99.3 Å². The van der Waals surface area contributed by atoms with E-state index in [0.717, 1.165) is 22.4 Å². The summed E-state index contributed by atoms with van der Waals surface area (Å²) in [6.45, 7) is 0. The molecule has 0 amide bonds. The number of nitrogens with two attached hydrogens (primary N) is 2. The summed E-state index contributed by atoms with van der Waals surface area (Å²) in [4.78, 5) is 20.7. The lowest BCUT2D eigenvalue weighted by Gasteiger charge is -2.15. The molecule has 3 aromatic rings. The Kier molecular flexibility index (Phi) is 5.28. The number of hydrogen-bond donors (Lipinski definition) is 2. The van der Waals surface area contributed by atoms with E-state index in [1.807, 2.05) is 24.3 Å². The van der Waals surface area contributed by atoms with Gasteiger partial charge in [-0.1, -0.05) is 17.7 Å². The molecule has 0 aliphatic heterocycles. The molecule has 3 rings (SSSR count). The zero-order chi connectivity index (χ0) is 19.6. The first-order valence-electron chi connectivity index (χ1n) is 8.31. The highest BCUT2D eigenvalue weighted by molar-refractivity contribution is 6.30. The van der Waals surface area contributed by atoms with Crippen molar-refractivity contribution in [1.29, 1.82) is 0 Å². The van der Waals surface area contributed by atoms with E-state index in [4.69, 9.17) is 23.1 Å². The second-order valence-electron chi connectivity index (χ2n) is 6.23. The Hall–Kier alpha value is -3.12. The van der Waals surface area contributed by atoms with Gasteiger partial charge in [0.15, 0.2) is 0 Å². The average Bonchev–Trinajstić information content (AvgIpc) is 2.65. The van der Waals surface area contributed by atoms with Crippen molar-refractivity contribution < 1.29 is 0 Å². The van der Waals surface area contributed by atoms with Gasteiger partial charge in [-0.2, -0.15) is 0 Å². The third-order valence-corrected chi connectivity index (χ3v) is 4.52. The average molecular weight is 382 g/mol. The zero-order valence-electron chi connectivity index (χ0n) is 15.1. The van der Waals surface area contributed by atoms with Gasteiger partial charge in [0.2, 0.25) is 0 Å². The van der Waals surface area contributed by atoms with Crippen LogP contribution < -0.4 is 17.0 Å². The van der Waals surface area contributed by atoms with Gasteiger partial charge in [0.1, 0.15) is 0 Å². The van der Waals surface area contributed by atoms with Crippen LogP contribution >= 0.6 is 11.6 Å². The Morgan fingerprint density at radius 1 is 1.22 bits per heavy atom. The second-order valence-corrected chi connectivity index (χ2v) is 6.67. The van der Waals surface area contributed by atoms with Gasteiger partial charge >= 0.3 is 0 Å². The van der Waals surface area contributed by atoms with Gasteiger partial charge in [-0.05, 0) is 35.4 Å². The van der Waals surface area contributed by atoms with Crippen LogP contribution in [0.15, 0.2) is 52.5 Å². The van der Waals surface area contributed by atoms with Crippen molar-refractivity contribution in [2.24, 2.45) is 12.0 Å². The highest BCUT2D eigenvalue weighted by atomic mass is 35.5. The Morgan fingerprint density at radius 2 is 2.00 bits per heavy atom. The van der Waals surface area contributed by atoms with Crippen LogP contribution in [0, 0.1) is 0 Å². The van der Waals surface area contributed by atoms with Gasteiger partial charge in [-0.3, -0.25) is 14.8 Å². The van der Waals surface area contributed by atoms with Gasteiger partial charge < -0.3 is 16.0 Å². The lowest BCUT2D eigenvalue weighted by molar-refractivity contribution is 0.861. The first-order valence-corrected chi connectivity index (χ1v) is 8.69. The fourth-order valence-corrected chi connectivity index (χ4v) is 3.06. The summed E-state index contributed by atoms with van der Waals surface area (Å²) in [5.74, 6) is 0. The second kappa shape index (κ2) is 7.63. The number of rotatable bonds is 4. The summed E-state index contributed by atoms with van der Waals surface area (Å²) in [5.41, 5.74) is 16.9. The molecule has 0 spiro atoms. The molecule has 0 radical (unpaired) electrons. The number of aryl methyl sites for hydroxylation is 1. The van der Waals surface area contributed by atoms with Crippen LogP contribution in [0.3, 0.4) is 0 Å². The van der Waals surface area contributed by atoms with Crippen LogP contribution in [0.5, 0.6) is 0 Å². The van der Waals surface area contributed by atoms with Crippen molar-refractivity contribution in [3.05, 3.63) is 74.9 Å². The Bertz CT molecular complexity index is 1070. The van der Waals surface area contributed by atoms with Crippen LogP contribution in [-0.4, -0.2) is 22.8 Å². The van der Waals surface area contributed by atoms with Crippen molar-refractivity contribution in [3.8, 4) is 11.1 Å². The first kappa shape index (κ1) is 18.7. The third-order valence-electron chi connectivity index (χ3n) is 4.30. The van der Waals surface area contributed by atoms with Crippen molar-refractivity contribution in [3.63, 3.8) is 0 Å². The number of aliphatic imine (C=N–C) groups is 1. The molecule has 0 atom stereocenters. The molecule has 2 heterocycles. The predicted molar refractivity (Wildman–Crippen MR) is 112 cm³/mol. The molecule has 0 bridgehead atoms. The molecule has 4 N–H and O–H groups in total. The van der Waals surface area contributed by atoms with E-state index >= 15 is 0 Å². The number of benzene rings is 1. The fraction of sp³-hybridized carbons (Fsp3) is 0.150. The van der Waals surface area contributed by atoms with Crippen LogP contribution in [0.4, 0.5) is 11.4 Å². The quantitative estimate of drug-likeness (QED) is 0.536. The molecule has 7 heteroatoms. The van der Waals surface area contributed by atoms with E-state index < -0.39 is 0 Å². The summed E-state index contributed by atoms with van der Waals surface area (Å²) in [7, 11) is 3.29. The lowest BCUT2D eigenvalue weighted by atomic mass is 9.94. The Morgan fingerprint density at radius 3 is 2.67 bits per heavy atom. The number of hydrogen-bond acceptors (Lipinski definition) is 5. The van der Waals surface area contributed by atoms with Crippen LogP contribution in [-0.2, 0) is 13.5 Å². The van der Waals surface area contributed by atoms with Gasteiger partial charge in [0.25, 0.3) is 5.56 Å². The first-order chi connectivity index (χ1) is 12.9. The number of halogens is 1. The largest absolute Gasteiger partial charge is 0.399 e. The van der Waals surface area contributed by atoms with Crippen molar-refractivity contribution in [1.82, 2.24) is 9.55 Å². The minimum absolute atomic E-state index is 0.202. The number of pyridine rings is 2. The molecule has 27 heavy (non-hydrogen) atoms. The lowest BCUT2D eigenvalue weighted by Crippen LogP contribution is -2.23. The maximum absolute atomic E-state index is 12.4. The molecule has 1 aromatic carbocycles. The third kappa shape index (κ3) is 3.85. The summed E-state index contributed by atoms with van der Waals surface area (Å²) in [5, 5.41) is 0.585. The van der Waals surface area contributed by atoms with Gasteiger partial charge in [-0.25, -0.2) is 0 Å². The van der Waals surface area contributed by atoms with Crippen molar-refractivity contribution in [2.75, 3.05) is 18.5 Å². The van der Waals surface area contributed by atoms with Crippen LogP contribution in [0.2, 0.25) is 5.02 Å². The number of aromatic nitrogens is 2. The number of nitrogen functional groups attached to an aromatic ring is 2. The molecule has 0 aliphatic carbocycles. The Balaban J connectivity index is 2.18. The predicted octanol–water partition coefficient (Wildman–Crippen LogP) is 2.90.